The molecule has 128 valence electrons. The summed E-state index contributed by atoms with van der Waals surface area (Å²) in [4.78, 5) is 16.6. The third-order valence-electron chi connectivity index (χ3n) is 4.82. The van der Waals surface area contributed by atoms with E-state index >= 15 is 0 Å². The molecule has 0 aromatic carbocycles. The first-order chi connectivity index (χ1) is 10.9. The van der Waals surface area contributed by atoms with E-state index in [-0.39, 0.29) is 23.9 Å². The monoisotopic (exact) mass is 348 g/mol. The summed E-state index contributed by atoms with van der Waals surface area (Å²) < 4.78 is 45.4. The first kappa shape index (κ1) is 16.7. The summed E-state index contributed by atoms with van der Waals surface area (Å²) in [6.07, 6.45) is -2.24. The molecule has 3 rings (SSSR count). The molecule has 0 atom stereocenters. The van der Waals surface area contributed by atoms with Crippen LogP contribution in [0.1, 0.15) is 50.1 Å². The van der Waals surface area contributed by atoms with Gasteiger partial charge in [0, 0.05) is 24.5 Å². The van der Waals surface area contributed by atoms with Crippen LogP contribution in [0.5, 0.6) is 0 Å². The third kappa shape index (κ3) is 3.24. The Morgan fingerprint density at radius 1 is 1.30 bits per heavy atom. The van der Waals surface area contributed by atoms with Crippen molar-refractivity contribution in [3.05, 3.63) is 11.1 Å². The highest BCUT2D eigenvalue weighted by molar-refractivity contribution is 7.13. The predicted molar refractivity (Wildman–Crippen MR) is 80.5 cm³/mol. The van der Waals surface area contributed by atoms with Gasteiger partial charge in [-0.3, -0.25) is 4.79 Å². The molecule has 1 saturated carbocycles. The molecule has 0 bridgehead atoms. The largest absolute Gasteiger partial charge is 0.403 e. The third-order valence-corrected chi connectivity index (χ3v) is 5.59. The Balaban J connectivity index is 1.71. The summed E-state index contributed by atoms with van der Waals surface area (Å²) >= 11 is 1.19. The number of hydrogen-bond donors (Lipinski definition) is 1. The number of nitrogens with zero attached hydrogens (tertiary/aromatic N) is 1. The Kier molecular flexibility index (Phi) is 4.64. The van der Waals surface area contributed by atoms with Crippen molar-refractivity contribution in [3.8, 4) is 0 Å². The minimum absolute atomic E-state index is 0.138. The lowest BCUT2D eigenvalue weighted by Gasteiger charge is -2.29. The molecule has 1 aromatic rings. The van der Waals surface area contributed by atoms with Gasteiger partial charge in [0.05, 0.1) is 5.69 Å². The van der Waals surface area contributed by atoms with E-state index in [0.717, 1.165) is 18.5 Å². The van der Waals surface area contributed by atoms with Gasteiger partial charge in [-0.25, -0.2) is 4.98 Å². The molecule has 1 amide bonds. The van der Waals surface area contributed by atoms with Crippen LogP contribution >= 0.6 is 11.3 Å². The number of nitrogens with one attached hydrogen (secondary N) is 1. The summed E-state index contributed by atoms with van der Waals surface area (Å²) in [5, 5.41) is 4.48. The topological polar surface area (TPSA) is 51.2 Å². The second-order valence-corrected chi connectivity index (χ2v) is 7.06. The van der Waals surface area contributed by atoms with Gasteiger partial charge >= 0.3 is 6.18 Å². The molecule has 8 heteroatoms. The fraction of sp³-hybridized carbons (Fsp3) is 0.733. The highest BCUT2D eigenvalue weighted by Crippen LogP contribution is 2.51. The predicted octanol–water partition coefficient (Wildman–Crippen LogP) is 4.10. The molecular weight excluding hydrogens is 329 g/mol. The number of thiazole rings is 1. The maximum Gasteiger partial charge on any atom is 0.403 e. The van der Waals surface area contributed by atoms with Crippen LogP contribution in [0.3, 0.4) is 0 Å². The van der Waals surface area contributed by atoms with E-state index in [1.165, 1.54) is 11.3 Å². The van der Waals surface area contributed by atoms with E-state index in [0.29, 0.717) is 26.1 Å². The Bertz CT molecular complexity index is 561. The smallest absolute Gasteiger partial charge is 0.381 e. The lowest BCUT2D eigenvalue weighted by atomic mass is 9.84. The molecule has 1 N–H and O–H groups in total. The van der Waals surface area contributed by atoms with Crippen molar-refractivity contribution in [2.75, 3.05) is 18.5 Å². The van der Waals surface area contributed by atoms with Gasteiger partial charge in [-0.2, -0.15) is 13.2 Å². The maximum atomic E-state index is 13.4. The summed E-state index contributed by atoms with van der Waals surface area (Å²) in [5.41, 5.74) is -1.42. The molecule has 2 fully saturated rings. The van der Waals surface area contributed by atoms with Crippen molar-refractivity contribution in [1.29, 1.82) is 0 Å². The van der Waals surface area contributed by atoms with Crippen LogP contribution in [-0.4, -0.2) is 30.3 Å². The fourth-order valence-electron chi connectivity index (χ4n) is 3.36. The molecule has 1 aliphatic heterocycles. The number of carbonyl (C=O) groups is 1. The second kappa shape index (κ2) is 6.39. The van der Waals surface area contributed by atoms with Crippen LogP contribution in [0.25, 0.3) is 0 Å². The average molecular weight is 348 g/mol. The molecule has 1 aliphatic carbocycles. The van der Waals surface area contributed by atoms with Crippen molar-refractivity contribution >= 4 is 22.4 Å². The maximum absolute atomic E-state index is 13.4. The molecule has 4 nitrogen and oxygen atoms in total. The summed E-state index contributed by atoms with van der Waals surface area (Å²) in [7, 11) is 0. The van der Waals surface area contributed by atoms with Crippen LogP contribution < -0.4 is 5.32 Å². The Morgan fingerprint density at radius 3 is 2.57 bits per heavy atom. The van der Waals surface area contributed by atoms with Gasteiger partial charge in [-0.05, 0) is 25.7 Å². The number of amides is 1. The number of hydrogen-bond acceptors (Lipinski definition) is 4. The summed E-state index contributed by atoms with van der Waals surface area (Å²) in [5.74, 6) is -0.705. The van der Waals surface area contributed by atoms with Gasteiger partial charge < -0.3 is 10.1 Å². The number of aromatic nitrogens is 1. The van der Waals surface area contributed by atoms with E-state index < -0.39 is 17.5 Å². The molecule has 2 heterocycles. The Morgan fingerprint density at radius 2 is 1.96 bits per heavy atom. The number of ether oxygens (including phenoxy) is 1. The lowest BCUT2D eigenvalue weighted by Crippen LogP contribution is -2.46. The molecule has 0 unspecified atom stereocenters. The number of halogens is 3. The van der Waals surface area contributed by atoms with Gasteiger partial charge in [0.25, 0.3) is 0 Å². The van der Waals surface area contributed by atoms with Gasteiger partial charge in [-0.1, -0.05) is 12.8 Å². The molecule has 2 aliphatic rings. The fourth-order valence-corrected chi connectivity index (χ4v) is 4.15. The summed E-state index contributed by atoms with van der Waals surface area (Å²) in [6, 6.07) is 0. The number of alkyl halides is 3. The van der Waals surface area contributed by atoms with Crippen molar-refractivity contribution < 1.29 is 22.7 Å². The van der Waals surface area contributed by atoms with E-state index in [9.17, 15) is 18.0 Å². The number of anilines is 1. The normalized spacial score (nSPS) is 22.2. The number of carbonyl (C=O) groups excluding carboxylic acids is 1. The molecule has 0 spiro atoms. The lowest BCUT2D eigenvalue weighted by molar-refractivity contribution is -0.217. The Labute approximate surface area is 136 Å². The minimum atomic E-state index is -4.52. The van der Waals surface area contributed by atoms with Gasteiger partial charge in [0.1, 0.15) is 5.41 Å². The van der Waals surface area contributed by atoms with Crippen LogP contribution in [0.2, 0.25) is 0 Å². The molecular formula is C15H19F3N2O2S. The zero-order chi connectivity index (χ0) is 16.5. The highest BCUT2D eigenvalue weighted by Gasteiger charge is 2.61. The minimum Gasteiger partial charge on any atom is -0.381 e. The standard InChI is InChI=1S/C15H19F3N2O2S/c16-15(17,18)14(5-1-2-6-14)12(21)20-13-19-11(9-23-13)10-3-7-22-8-4-10/h9-10H,1-8H2,(H,19,20,21). The Hall–Kier alpha value is -1.15. The van der Waals surface area contributed by atoms with Crippen LogP contribution in [0.15, 0.2) is 5.38 Å². The zero-order valence-electron chi connectivity index (χ0n) is 12.6. The molecule has 1 aromatic heterocycles. The first-order valence-corrected chi connectivity index (χ1v) is 8.72. The zero-order valence-corrected chi connectivity index (χ0v) is 13.4. The van der Waals surface area contributed by atoms with Crippen LogP contribution in [-0.2, 0) is 9.53 Å². The van der Waals surface area contributed by atoms with Crippen LogP contribution in [0.4, 0.5) is 18.3 Å². The average Bonchev–Trinajstić information content (AvgIpc) is 3.17. The van der Waals surface area contributed by atoms with E-state index in [2.05, 4.69) is 10.3 Å². The van der Waals surface area contributed by atoms with Crippen molar-refractivity contribution in [2.24, 2.45) is 5.41 Å². The van der Waals surface area contributed by atoms with Crippen molar-refractivity contribution in [3.63, 3.8) is 0 Å². The first-order valence-electron chi connectivity index (χ1n) is 7.84. The SMILES string of the molecule is O=C(Nc1nc(C2CCOCC2)cs1)C1(C(F)(F)F)CCCC1. The van der Waals surface area contributed by atoms with E-state index in [1.807, 2.05) is 5.38 Å². The second-order valence-electron chi connectivity index (χ2n) is 6.21. The summed E-state index contributed by atoms with van der Waals surface area (Å²) in [6.45, 7) is 1.34. The van der Waals surface area contributed by atoms with Gasteiger partial charge in [0.15, 0.2) is 5.13 Å². The highest BCUT2D eigenvalue weighted by atomic mass is 32.1. The van der Waals surface area contributed by atoms with Crippen molar-refractivity contribution in [2.45, 2.75) is 50.6 Å². The van der Waals surface area contributed by atoms with E-state index in [1.54, 1.807) is 0 Å². The molecule has 23 heavy (non-hydrogen) atoms. The van der Waals surface area contributed by atoms with Crippen LogP contribution in [0, 0.1) is 5.41 Å². The molecule has 0 radical (unpaired) electrons. The number of rotatable bonds is 3. The van der Waals surface area contributed by atoms with Crippen molar-refractivity contribution in [1.82, 2.24) is 4.98 Å². The molecule has 1 saturated heterocycles. The quantitative estimate of drug-likeness (QED) is 0.895. The van der Waals surface area contributed by atoms with Gasteiger partial charge in [0.2, 0.25) is 5.91 Å². The van der Waals surface area contributed by atoms with E-state index in [4.69, 9.17) is 4.74 Å². The van der Waals surface area contributed by atoms with Gasteiger partial charge in [-0.15, -0.1) is 11.3 Å².